The zero-order valence-electron chi connectivity index (χ0n) is 12.8. The fraction of sp³-hybridized carbons (Fsp3) is 0.533. The molecule has 0 aliphatic rings. The molecule has 0 fully saturated rings. The zero-order chi connectivity index (χ0) is 15.2. The van der Waals surface area contributed by atoms with E-state index in [2.05, 4.69) is 5.32 Å². The lowest BCUT2D eigenvalue weighted by atomic mass is 10.2. The maximum absolute atomic E-state index is 11.7. The van der Waals surface area contributed by atoms with Gasteiger partial charge < -0.3 is 14.2 Å². The summed E-state index contributed by atoms with van der Waals surface area (Å²) in [6.45, 7) is 8.08. The lowest BCUT2D eigenvalue weighted by Gasteiger charge is -2.20. The summed E-state index contributed by atoms with van der Waals surface area (Å²) in [7, 11) is 1.57. The summed E-state index contributed by atoms with van der Waals surface area (Å²) in [5.74, 6) is 1.27. The second-order valence-electron chi connectivity index (χ2n) is 5.37. The van der Waals surface area contributed by atoms with E-state index < -0.39 is 11.7 Å². The van der Waals surface area contributed by atoms with Gasteiger partial charge in [-0.2, -0.15) is 0 Å². The number of carbonyl (C=O) groups is 1. The van der Waals surface area contributed by atoms with Crippen molar-refractivity contribution in [2.75, 3.05) is 19.0 Å². The van der Waals surface area contributed by atoms with Crippen LogP contribution in [0, 0.1) is 0 Å². The van der Waals surface area contributed by atoms with E-state index in [1.165, 1.54) is 0 Å². The van der Waals surface area contributed by atoms with Crippen molar-refractivity contribution < 1.29 is 19.0 Å². The van der Waals surface area contributed by atoms with Crippen molar-refractivity contribution in [3.8, 4) is 11.5 Å². The van der Waals surface area contributed by atoms with Gasteiger partial charge in [0.2, 0.25) is 0 Å². The summed E-state index contributed by atoms with van der Waals surface area (Å²) < 4.78 is 15.9. The van der Waals surface area contributed by atoms with Crippen molar-refractivity contribution in [3.63, 3.8) is 0 Å². The van der Waals surface area contributed by atoms with Gasteiger partial charge in [0.1, 0.15) is 17.1 Å². The van der Waals surface area contributed by atoms with Gasteiger partial charge in [-0.05, 0) is 27.2 Å². The Balaban J connectivity index is 2.80. The minimum absolute atomic E-state index is 0.507. The largest absolute Gasteiger partial charge is 0.497 e. The van der Waals surface area contributed by atoms with Crippen LogP contribution in [-0.2, 0) is 4.74 Å². The second-order valence-corrected chi connectivity index (χ2v) is 5.37. The second kappa shape index (κ2) is 7.03. The Kier molecular flexibility index (Phi) is 5.67. The number of carbonyl (C=O) groups excluding carboxylic acids is 1. The van der Waals surface area contributed by atoms with Crippen LogP contribution in [0.25, 0.3) is 0 Å². The van der Waals surface area contributed by atoms with Gasteiger partial charge in [0.25, 0.3) is 0 Å². The van der Waals surface area contributed by atoms with Gasteiger partial charge in [-0.25, -0.2) is 4.79 Å². The molecule has 20 heavy (non-hydrogen) atoms. The lowest BCUT2D eigenvalue weighted by Crippen LogP contribution is -2.27. The Morgan fingerprint density at radius 3 is 2.40 bits per heavy atom. The minimum atomic E-state index is -0.537. The van der Waals surface area contributed by atoms with Crippen LogP contribution < -0.4 is 14.8 Å². The van der Waals surface area contributed by atoms with Crippen LogP contribution in [-0.4, -0.2) is 25.4 Å². The SMILES string of the molecule is CCCOc1cc(NC(=O)OC(C)(C)C)cc(OC)c1. The molecular weight excluding hydrogens is 258 g/mol. The van der Waals surface area contributed by atoms with E-state index in [0.29, 0.717) is 23.8 Å². The summed E-state index contributed by atoms with van der Waals surface area (Å²) in [6.07, 6.45) is 0.402. The van der Waals surface area contributed by atoms with E-state index in [9.17, 15) is 4.79 Å². The molecule has 0 atom stereocenters. The third-order valence-electron chi connectivity index (χ3n) is 2.23. The van der Waals surface area contributed by atoms with Crippen molar-refractivity contribution in [3.05, 3.63) is 18.2 Å². The Morgan fingerprint density at radius 1 is 1.20 bits per heavy atom. The molecule has 0 spiro atoms. The van der Waals surface area contributed by atoms with Crippen LogP contribution in [0.15, 0.2) is 18.2 Å². The maximum Gasteiger partial charge on any atom is 0.412 e. The third kappa shape index (κ3) is 5.82. The number of benzene rings is 1. The number of amides is 1. The quantitative estimate of drug-likeness (QED) is 0.891. The molecule has 1 N–H and O–H groups in total. The summed E-state index contributed by atoms with van der Waals surface area (Å²) in [6, 6.07) is 5.22. The lowest BCUT2D eigenvalue weighted by molar-refractivity contribution is 0.0636. The molecule has 1 amide bonds. The number of ether oxygens (including phenoxy) is 3. The first-order valence-electron chi connectivity index (χ1n) is 6.66. The molecule has 112 valence electrons. The summed E-state index contributed by atoms with van der Waals surface area (Å²) >= 11 is 0. The van der Waals surface area contributed by atoms with Gasteiger partial charge >= 0.3 is 6.09 Å². The zero-order valence-corrected chi connectivity index (χ0v) is 12.8. The molecule has 0 unspecified atom stereocenters. The van der Waals surface area contributed by atoms with E-state index in [4.69, 9.17) is 14.2 Å². The number of hydrogen-bond acceptors (Lipinski definition) is 4. The predicted octanol–water partition coefficient (Wildman–Crippen LogP) is 3.83. The van der Waals surface area contributed by atoms with Crippen molar-refractivity contribution in [1.29, 1.82) is 0 Å². The summed E-state index contributed by atoms with van der Waals surface area (Å²) in [5.41, 5.74) is 0.0366. The van der Waals surface area contributed by atoms with Gasteiger partial charge in [-0.3, -0.25) is 5.32 Å². The van der Waals surface area contributed by atoms with Crippen LogP contribution in [0.1, 0.15) is 34.1 Å². The smallest absolute Gasteiger partial charge is 0.412 e. The highest BCUT2D eigenvalue weighted by Crippen LogP contribution is 2.26. The van der Waals surface area contributed by atoms with Gasteiger partial charge in [-0.1, -0.05) is 6.92 Å². The summed E-state index contributed by atoms with van der Waals surface area (Å²) in [5, 5.41) is 2.67. The van der Waals surface area contributed by atoms with Crippen molar-refractivity contribution >= 4 is 11.8 Å². The van der Waals surface area contributed by atoms with Crippen molar-refractivity contribution in [2.45, 2.75) is 39.7 Å². The molecule has 0 saturated carbocycles. The van der Waals surface area contributed by atoms with E-state index in [1.54, 1.807) is 25.3 Å². The molecule has 1 aromatic carbocycles. The van der Waals surface area contributed by atoms with Crippen LogP contribution in [0.5, 0.6) is 11.5 Å². The monoisotopic (exact) mass is 281 g/mol. The standard InChI is InChI=1S/C15H23NO4/c1-6-7-19-13-9-11(8-12(10-13)18-5)16-14(17)20-15(2,3)4/h8-10H,6-7H2,1-5H3,(H,16,17). The number of rotatable bonds is 5. The molecule has 0 aromatic heterocycles. The molecule has 0 heterocycles. The Bertz CT molecular complexity index is 452. The molecule has 0 bridgehead atoms. The van der Waals surface area contributed by atoms with Gasteiger partial charge in [0, 0.05) is 18.2 Å². The molecule has 1 aromatic rings. The van der Waals surface area contributed by atoms with Crippen LogP contribution >= 0.6 is 0 Å². The first kappa shape index (κ1) is 16.1. The van der Waals surface area contributed by atoms with Crippen LogP contribution in [0.2, 0.25) is 0 Å². The molecule has 1 rings (SSSR count). The van der Waals surface area contributed by atoms with Gasteiger partial charge in [0.15, 0.2) is 0 Å². The molecule has 5 nitrogen and oxygen atoms in total. The highest BCUT2D eigenvalue weighted by atomic mass is 16.6. The normalized spacial score (nSPS) is 10.8. The Morgan fingerprint density at radius 2 is 1.85 bits per heavy atom. The van der Waals surface area contributed by atoms with E-state index in [0.717, 1.165) is 6.42 Å². The molecule has 0 saturated heterocycles. The Hall–Kier alpha value is -1.91. The van der Waals surface area contributed by atoms with E-state index >= 15 is 0 Å². The maximum atomic E-state index is 11.7. The van der Waals surface area contributed by atoms with E-state index in [1.807, 2.05) is 27.7 Å². The van der Waals surface area contributed by atoms with Crippen molar-refractivity contribution in [1.82, 2.24) is 0 Å². The number of hydrogen-bond donors (Lipinski definition) is 1. The van der Waals surface area contributed by atoms with Crippen molar-refractivity contribution in [2.24, 2.45) is 0 Å². The third-order valence-corrected chi connectivity index (χ3v) is 2.23. The topological polar surface area (TPSA) is 56.8 Å². The highest BCUT2D eigenvalue weighted by Gasteiger charge is 2.16. The molecule has 0 aliphatic heterocycles. The van der Waals surface area contributed by atoms with Gasteiger partial charge in [0.05, 0.1) is 19.4 Å². The highest BCUT2D eigenvalue weighted by molar-refractivity contribution is 5.85. The average Bonchev–Trinajstić information content (AvgIpc) is 2.33. The Labute approximate surface area is 120 Å². The fourth-order valence-corrected chi connectivity index (χ4v) is 1.49. The first-order valence-corrected chi connectivity index (χ1v) is 6.66. The minimum Gasteiger partial charge on any atom is -0.497 e. The molecule has 0 radical (unpaired) electrons. The molecule has 5 heteroatoms. The van der Waals surface area contributed by atoms with Crippen LogP contribution in [0.4, 0.5) is 10.5 Å². The molecule has 0 aliphatic carbocycles. The van der Waals surface area contributed by atoms with Crippen LogP contribution in [0.3, 0.4) is 0 Å². The predicted molar refractivity (Wildman–Crippen MR) is 78.6 cm³/mol. The van der Waals surface area contributed by atoms with Gasteiger partial charge in [-0.15, -0.1) is 0 Å². The first-order chi connectivity index (χ1) is 9.34. The average molecular weight is 281 g/mol. The fourth-order valence-electron chi connectivity index (χ4n) is 1.49. The summed E-state index contributed by atoms with van der Waals surface area (Å²) in [4.78, 5) is 11.7. The number of anilines is 1. The van der Waals surface area contributed by atoms with E-state index in [-0.39, 0.29) is 0 Å². The molecular formula is C15H23NO4. The number of methoxy groups -OCH3 is 1. The number of nitrogens with one attached hydrogen (secondary N) is 1.